The lowest BCUT2D eigenvalue weighted by atomic mass is 10.0. The Balaban J connectivity index is 2.95. The summed E-state index contributed by atoms with van der Waals surface area (Å²) in [6.07, 6.45) is -12.8. The first-order valence-electron chi connectivity index (χ1n) is 7.53. The number of rotatable bonds is 10. The normalized spacial score (nSPS) is 32.8. The summed E-state index contributed by atoms with van der Waals surface area (Å²) in [4.78, 5) is 0. The van der Waals surface area contributed by atoms with Crippen LogP contribution in [-0.4, -0.2) is 127 Å². The minimum absolute atomic E-state index is 0.0296. The van der Waals surface area contributed by atoms with Gasteiger partial charge >= 0.3 is 0 Å². The lowest BCUT2D eigenvalue weighted by Crippen LogP contribution is -2.53. The van der Waals surface area contributed by atoms with Gasteiger partial charge in [0.15, 0.2) is 5.25 Å². The molecule has 0 aliphatic carbocycles. The highest BCUT2D eigenvalue weighted by molar-refractivity contribution is 7.97. The lowest BCUT2D eigenvalue weighted by Gasteiger charge is -2.31. The van der Waals surface area contributed by atoms with E-state index >= 15 is 0 Å². The van der Waals surface area contributed by atoms with Gasteiger partial charge in [0, 0.05) is 10.9 Å². The van der Waals surface area contributed by atoms with E-state index in [1.165, 1.54) is 0 Å². The Bertz CT molecular complexity index is 530. The van der Waals surface area contributed by atoms with E-state index in [9.17, 15) is 48.7 Å². The fourth-order valence-corrected chi connectivity index (χ4v) is 5.82. The molecule has 0 aromatic rings. The van der Waals surface area contributed by atoms with E-state index in [4.69, 9.17) is 5.11 Å². The maximum Gasteiger partial charge on any atom is 0.218 e. The molecule has 0 saturated carbocycles. The molecular weight excluding hydrogens is 400 g/mol. The lowest BCUT2D eigenvalue weighted by molar-refractivity contribution is -0.129. The first-order valence-corrected chi connectivity index (χ1v) is 10.5. The summed E-state index contributed by atoms with van der Waals surface area (Å²) in [6.45, 7) is -1.53. The summed E-state index contributed by atoms with van der Waals surface area (Å²) in [5.74, 6) is -0.406. The molecule has 0 aromatic heterocycles. The maximum atomic E-state index is 10.9. The van der Waals surface area contributed by atoms with Crippen LogP contribution in [0.2, 0.25) is 0 Å². The third-order valence-corrected chi connectivity index (χ3v) is 7.31. The minimum Gasteiger partial charge on any atom is -0.726 e. The van der Waals surface area contributed by atoms with Crippen LogP contribution in [0.1, 0.15) is 0 Å². The second-order valence-corrected chi connectivity index (χ2v) is 9.27. The monoisotopic (exact) mass is 424 g/mol. The van der Waals surface area contributed by atoms with Crippen molar-refractivity contribution in [1.29, 1.82) is 0 Å². The average Bonchev–Trinajstić information content (AvgIpc) is 2.82. The highest BCUT2D eigenvalue weighted by atomic mass is 32.3. The molecule has 14 heteroatoms. The smallest absolute Gasteiger partial charge is 0.218 e. The molecular formula is C12H24O12S2. The third-order valence-electron chi connectivity index (χ3n) is 4.03. The minimum atomic E-state index is -5.42. The highest BCUT2D eigenvalue weighted by Gasteiger charge is 2.51. The molecule has 1 rings (SSSR count). The van der Waals surface area contributed by atoms with E-state index in [1.54, 1.807) is 0 Å². The van der Waals surface area contributed by atoms with E-state index in [2.05, 4.69) is 4.18 Å². The van der Waals surface area contributed by atoms with Crippen molar-refractivity contribution in [2.24, 2.45) is 0 Å². The van der Waals surface area contributed by atoms with Gasteiger partial charge in [-0.1, -0.05) is 0 Å². The van der Waals surface area contributed by atoms with Gasteiger partial charge < -0.3 is 45.4 Å². The van der Waals surface area contributed by atoms with Gasteiger partial charge in [-0.25, -0.2) is 8.42 Å². The predicted octanol–water partition coefficient (Wildman–Crippen LogP) is -6.02. The molecule has 8 N–H and O–H groups in total. The van der Waals surface area contributed by atoms with Crippen molar-refractivity contribution < 1.29 is 58.0 Å². The van der Waals surface area contributed by atoms with Crippen LogP contribution in [-0.2, 0) is 25.5 Å². The van der Waals surface area contributed by atoms with E-state index < -0.39 is 82.5 Å². The summed E-state index contributed by atoms with van der Waals surface area (Å²) in [6, 6.07) is 0. The SMILES string of the molecule is O=S(=O)([O-])O[C@H]([C@@H](O)[C@H](O)[C@H](O)CO)[C@H](O)C[S+]1C[C@@H](O)[C@H](O)[C@H]1CO. The highest BCUT2D eigenvalue weighted by Crippen LogP contribution is 2.26. The first-order chi connectivity index (χ1) is 11.9. The van der Waals surface area contributed by atoms with Gasteiger partial charge in [-0.05, 0) is 0 Å². The Hall–Kier alpha value is -0.100. The van der Waals surface area contributed by atoms with Gasteiger partial charge in [-0.2, -0.15) is 0 Å². The van der Waals surface area contributed by atoms with E-state index in [0.29, 0.717) is 0 Å². The fraction of sp³-hybridized carbons (Fsp3) is 1.00. The van der Waals surface area contributed by atoms with Crippen LogP contribution in [0.5, 0.6) is 0 Å². The maximum absolute atomic E-state index is 10.9. The molecule has 1 fully saturated rings. The Morgan fingerprint density at radius 3 is 2.12 bits per heavy atom. The molecule has 1 unspecified atom stereocenters. The second-order valence-electron chi connectivity index (χ2n) is 5.92. The number of aliphatic hydroxyl groups is 8. The van der Waals surface area contributed by atoms with Gasteiger partial charge in [0.2, 0.25) is 10.4 Å². The molecule has 1 aliphatic heterocycles. The van der Waals surface area contributed by atoms with Crippen molar-refractivity contribution in [3.8, 4) is 0 Å². The molecule has 156 valence electrons. The van der Waals surface area contributed by atoms with Crippen molar-refractivity contribution in [2.45, 2.75) is 48.0 Å². The van der Waals surface area contributed by atoms with Gasteiger partial charge in [0.1, 0.15) is 54.2 Å². The van der Waals surface area contributed by atoms with Crippen LogP contribution in [0.3, 0.4) is 0 Å². The quantitative estimate of drug-likeness (QED) is 0.0931. The molecule has 0 amide bonds. The molecule has 9 atom stereocenters. The summed E-state index contributed by atoms with van der Waals surface area (Å²) >= 11 is 0. The topological polar surface area (TPSA) is 228 Å². The van der Waals surface area contributed by atoms with E-state index in [-0.39, 0.29) is 11.5 Å². The molecule has 26 heavy (non-hydrogen) atoms. The summed E-state index contributed by atoms with van der Waals surface area (Å²) in [5, 5.41) is 75.8. The molecule has 1 saturated heterocycles. The van der Waals surface area contributed by atoms with Crippen molar-refractivity contribution in [2.75, 3.05) is 24.7 Å². The van der Waals surface area contributed by atoms with Crippen molar-refractivity contribution in [1.82, 2.24) is 0 Å². The Morgan fingerprint density at radius 2 is 1.65 bits per heavy atom. The van der Waals surface area contributed by atoms with Gasteiger partial charge in [-0.15, -0.1) is 0 Å². The van der Waals surface area contributed by atoms with Crippen LogP contribution in [0.15, 0.2) is 0 Å². The van der Waals surface area contributed by atoms with Crippen LogP contribution >= 0.6 is 0 Å². The third kappa shape index (κ3) is 6.22. The molecule has 12 nitrogen and oxygen atoms in total. The largest absolute Gasteiger partial charge is 0.726 e. The number of hydrogen-bond acceptors (Lipinski definition) is 12. The van der Waals surface area contributed by atoms with Gasteiger partial charge in [-0.3, -0.25) is 4.18 Å². The van der Waals surface area contributed by atoms with Crippen LogP contribution in [0.25, 0.3) is 0 Å². The number of aliphatic hydroxyl groups excluding tert-OH is 8. The van der Waals surface area contributed by atoms with Gasteiger partial charge in [0.25, 0.3) is 0 Å². The Labute approximate surface area is 152 Å². The molecule has 1 aliphatic rings. The zero-order valence-corrected chi connectivity index (χ0v) is 15.1. The molecule has 0 radical (unpaired) electrons. The molecule has 0 spiro atoms. The fourth-order valence-electron chi connectivity index (χ4n) is 2.62. The summed E-state index contributed by atoms with van der Waals surface area (Å²) < 4.78 is 36.7. The Kier molecular flexibility index (Phi) is 9.12. The second kappa shape index (κ2) is 9.90. The average molecular weight is 424 g/mol. The van der Waals surface area contributed by atoms with Crippen molar-refractivity contribution in [3.05, 3.63) is 0 Å². The van der Waals surface area contributed by atoms with Crippen molar-refractivity contribution in [3.63, 3.8) is 0 Å². The standard InChI is InChI=1S/C12H24O12S2/c13-1-5(15)10(19)11(20)12(24-26(21,22)23)7(17)4-25-3-6(16)9(18)8(25)2-14/h5-20H,1-4H2/t5-,6-,7-,8-,9+,10-,11+,12+,25?/m1/s1. The van der Waals surface area contributed by atoms with Crippen LogP contribution in [0, 0.1) is 0 Å². The Morgan fingerprint density at radius 1 is 1.08 bits per heavy atom. The summed E-state index contributed by atoms with van der Waals surface area (Å²) in [7, 11) is -6.45. The van der Waals surface area contributed by atoms with Crippen molar-refractivity contribution >= 4 is 21.3 Å². The first kappa shape index (κ1) is 23.9. The van der Waals surface area contributed by atoms with Crippen LogP contribution in [0.4, 0.5) is 0 Å². The molecule has 0 aromatic carbocycles. The van der Waals surface area contributed by atoms with Gasteiger partial charge in [0.05, 0.1) is 13.2 Å². The number of hydrogen-bond donors (Lipinski definition) is 8. The zero-order chi connectivity index (χ0) is 20.2. The zero-order valence-electron chi connectivity index (χ0n) is 13.5. The predicted molar refractivity (Wildman–Crippen MR) is 85.7 cm³/mol. The van der Waals surface area contributed by atoms with Crippen LogP contribution < -0.4 is 0 Å². The summed E-state index contributed by atoms with van der Waals surface area (Å²) in [5.41, 5.74) is 0. The molecule has 0 bridgehead atoms. The van der Waals surface area contributed by atoms with E-state index in [1.807, 2.05) is 0 Å². The van der Waals surface area contributed by atoms with E-state index in [0.717, 1.165) is 0 Å². The molecule has 1 heterocycles.